The van der Waals surface area contributed by atoms with E-state index in [1.165, 1.54) is 29.6 Å². The van der Waals surface area contributed by atoms with E-state index in [0.29, 0.717) is 0 Å². The van der Waals surface area contributed by atoms with Crippen LogP contribution in [0.4, 0.5) is 0 Å². The summed E-state index contributed by atoms with van der Waals surface area (Å²) in [5.41, 5.74) is 0.150. The molecule has 2 rings (SSSR count). The molecule has 0 radical (unpaired) electrons. The Morgan fingerprint density at radius 1 is 1.19 bits per heavy atom. The van der Waals surface area contributed by atoms with Crippen molar-refractivity contribution in [1.82, 2.24) is 9.62 Å². The number of halogens is 1. The Kier molecular flexibility index (Phi) is 7.08. The van der Waals surface area contributed by atoms with Gasteiger partial charge in [-0.25, -0.2) is 8.42 Å². The molecular weight excluding hydrogens is 404 g/mol. The molecule has 148 valence electrons. The van der Waals surface area contributed by atoms with Crippen LogP contribution in [0.3, 0.4) is 0 Å². The number of benzene rings is 1. The Bertz CT molecular complexity index is 894. The molecule has 27 heavy (non-hydrogen) atoms. The van der Waals surface area contributed by atoms with E-state index in [1.54, 1.807) is 25.2 Å². The number of carbonyl (C=O) groups excluding carboxylic acids is 1. The first-order chi connectivity index (χ1) is 12.6. The minimum absolute atomic E-state index is 0.0467. The Balaban J connectivity index is 2.37. The summed E-state index contributed by atoms with van der Waals surface area (Å²) in [6, 6.07) is 7.75. The van der Waals surface area contributed by atoms with Gasteiger partial charge in [-0.05, 0) is 49.4 Å². The Labute approximate surface area is 170 Å². The zero-order chi connectivity index (χ0) is 20.4. The molecule has 0 spiro atoms. The fourth-order valence-electron chi connectivity index (χ4n) is 2.54. The minimum atomic E-state index is -3.70. The first-order valence-electron chi connectivity index (χ1n) is 8.67. The number of thiophene rings is 1. The monoisotopic (exact) mass is 428 g/mol. The number of amides is 1. The number of nitrogens with zero attached hydrogens (tertiary/aromatic N) is 1. The summed E-state index contributed by atoms with van der Waals surface area (Å²) < 4.78 is 26.7. The average molecular weight is 429 g/mol. The summed E-state index contributed by atoms with van der Waals surface area (Å²) in [5, 5.41) is 5.16. The number of nitrogens with one attached hydrogen (secondary N) is 1. The van der Waals surface area contributed by atoms with Crippen LogP contribution in [0.15, 0.2) is 40.6 Å². The highest BCUT2D eigenvalue weighted by molar-refractivity contribution is 7.89. The van der Waals surface area contributed by atoms with Gasteiger partial charge in [-0.3, -0.25) is 4.79 Å². The van der Waals surface area contributed by atoms with E-state index in [2.05, 4.69) is 5.32 Å². The van der Waals surface area contributed by atoms with Gasteiger partial charge in [-0.15, -0.1) is 11.3 Å². The van der Waals surface area contributed by atoms with Crippen LogP contribution in [-0.4, -0.2) is 31.7 Å². The van der Waals surface area contributed by atoms with E-state index in [4.69, 9.17) is 11.6 Å². The predicted octanol–water partition coefficient (Wildman–Crippen LogP) is 4.56. The van der Waals surface area contributed by atoms with Crippen LogP contribution in [0.25, 0.3) is 0 Å². The summed E-state index contributed by atoms with van der Waals surface area (Å²) in [4.78, 5) is 13.9. The van der Waals surface area contributed by atoms with Crippen LogP contribution in [0.1, 0.15) is 49.0 Å². The lowest BCUT2D eigenvalue weighted by molar-refractivity contribution is 0.0926. The molecule has 1 atom stereocenters. The number of sulfonamides is 1. The lowest BCUT2D eigenvalue weighted by Crippen LogP contribution is -2.34. The van der Waals surface area contributed by atoms with Crippen molar-refractivity contribution >= 4 is 38.9 Å². The second kappa shape index (κ2) is 8.73. The van der Waals surface area contributed by atoms with E-state index in [1.807, 2.05) is 31.4 Å². The second-order valence-corrected chi connectivity index (χ2v) is 10.4. The quantitative estimate of drug-likeness (QED) is 0.703. The third-order valence-corrected chi connectivity index (χ3v) is 7.70. The van der Waals surface area contributed by atoms with Gasteiger partial charge in [0.05, 0.1) is 21.5 Å². The molecule has 5 nitrogen and oxygen atoms in total. The molecule has 8 heteroatoms. The second-order valence-electron chi connectivity index (χ2n) is 6.97. The zero-order valence-corrected chi connectivity index (χ0v) is 18.5. The summed E-state index contributed by atoms with van der Waals surface area (Å²) in [6.45, 7) is 7.61. The molecule has 1 N–H and O–H groups in total. The molecule has 0 saturated carbocycles. The molecule has 0 fully saturated rings. The van der Waals surface area contributed by atoms with Crippen LogP contribution in [0, 0.1) is 5.92 Å². The van der Waals surface area contributed by atoms with Crippen LogP contribution in [0.2, 0.25) is 5.02 Å². The smallest absolute Gasteiger partial charge is 0.253 e. The number of carbonyl (C=O) groups is 1. The highest BCUT2D eigenvalue weighted by Gasteiger charge is 2.26. The predicted molar refractivity (Wildman–Crippen MR) is 111 cm³/mol. The standard InChI is InChI=1S/C19H25ClN2O3S2/c1-12(2)18(17-7-6-10-26-17)21-19(23)15-11-14(8-9-16(15)20)27(24,25)22(5)13(3)4/h6-13,18H,1-5H3,(H,21,23). The molecule has 1 aromatic heterocycles. The normalized spacial score (nSPS) is 13.4. The van der Waals surface area contributed by atoms with E-state index < -0.39 is 15.9 Å². The van der Waals surface area contributed by atoms with E-state index in [-0.39, 0.29) is 33.5 Å². The minimum Gasteiger partial charge on any atom is -0.344 e. The largest absolute Gasteiger partial charge is 0.344 e. The Morgan fingerprint density at radius 2 is 1.85 bits per heavy atom. The highest BCUT2D eigenvalue weighted by Crippen LogP contribution is 2.28. The van der Waals surface area contributed by atoms with Crippen LogP contribution in [0.5, 0.6) is 0 Å². The van der Waals surface area contributed by atoms with Gasteiger partial charge in [0, 0.05) is 18.0 Å². The molecule has 0 bridgehead atoms. The van der Waals surface area contributed by atoms with E-state index in [0.717, 1.165) is 4.88 Å². The third kappa shape index (κ3) is 4.90. The average Bonchev–Trinajstić information content (AvgIpc) is 3.12. The first kappa shape index (κ1) is 21.9. The molecule has 0 aliphatic rings. The molecule has 0 aliphatic carbocycles. The Hall–Kier alpha value is -1.41. The number of rotatable bonds is 7. The van der Waals surface area contributed by atoms with Crippen LogP contribution >= 0.6 is 22.9 Å². The maximum Gasteiger partial charge on any atom is 0.253 e. The molecule has 0 saturated heterocycles. The summed E-state index contributed by atoms with van der Waals surface area (Å²) in [5.74, 6) is -0.221. The van der Waals surface area contributed by atoms with E-state index >= 15 is 0 Å². The lowest BCUT2D eigenvalue weighted by atomic mass is 10.0. The molecule has 1 amide bonds. The summed E-state index contributed by atoms with van der Waals surface area (Å²) in [7, 11) is -2.19. The number of hydrogen-bond acceptors (Lipinski definition) is 4. The van der Waals surface area contributed by atoms with Crippen molar-refractivity contribution in [2.45, 2.75) is 44.7 Å². The van der Waals surface area contributed by atoms with Crippen molar-refractivity contribution < 1.29 is 13.2 Å². The molecule has 2 aromatic rings. The lowest BCUT2D eigenvalue weighted by Gasteiger charge is -2.23. The van der Waals surface area contributed by atoms with Crippen molar-refractivity contribution in [3.63, 3.8) is 0 Å². The van der Waals surface area contributed by atoms with Gasteiger partial charge in [0.15, 0.2) is 0 Å². The molecule has 1 unspecified atom stereocenters. The van der Waals surface area contributed by atoms with Gasteiger partial charge in [-0.1, -0.05) is 31.5 Å². The first-order valence-corrected chi connectivity index (χ1v) is 11.4. The summed E-state index contributed by atoms with van der Waals surface area (Å²) >= 11 is 7.77. The molecule has 1 heterocycles. The van der Waals surface area contributed by atoms with Gasteiger partial charge in [0.25, 0.3) is 5.91 Å². The SMILES string of the molecule is CC(C)C(NC(=O)c1cc(S(=O)(=O)N(C)C(C)C)ccc1Cl)c1cccs1. The maximum absolute atomic E-state index is 12.9. The molecule has 1 aromatic carbocycles. The topological polar surface area (TPSA) is 66.5 Å². The fraction of sp³-hybridized carbons (Fsp3) is 0.421. The third-order valence-electron chi connectivity index (χ3n) is 4.39. The van der Waals surface area contributed by atoms with Gasteiger partial charge in [0.1, 0.15) is 0 Å². The Morgan fingerprint density at radius 3 is 2.37 bits per heavy atom. The molecule has 0 aliphatic heterocycles. The summed E-state index contributed by atoms with van der Waals surface area (Å²) in [6.07, 6.45) is 0. The van der Waals surface area contributed by atoms with Gasteiger partial charge >= 0.3 is 0 Å². The van der Waals surface area contributed by atoms with Crippen molar-refractivity contribution in [1.29, 1.82) is 0 Å². The van der Waals surface area contributed by atoms with Crippen molar-refractivity contribution in [2.75, 3.05) is 7.05 Å². The molecular formula is C19H25ClN2O3S2. The van der Waals surface area contributed by atoms with Gasteiger partial charge in [0.2, 0.25) is 10.0 Å². The highest BCUT2D eigenvalue weighted by atomic mass is 35.5. The van der Waals surface area contributed by atoms with Crippen molar-refractivity contribution in [2.24, 2.45) is 5.92 Å². The van der Waals surface area contributed by atoms with Crippen LogP contribution < -0.4 is 5.32 Å². The fourth-order valence-corrected chi connectivity index (χ4v) is 5.08. The zero-order valence-electron chi connectivity index (χ0n) is 16.1. The van der Waals surface area contributed by atoms with Crippen LogP contribution in [-0.2, 0) is 10.0 Å². The maximum atomic E-state index is 12.9. The number of hydrogen-bond donors (Lipinski definition) is 1. The van der Waals surface area contributed by atoms with Crippen molar-refractivity contribution in [3.8, 4) is 0 Å². The van der Waals surface area contributed by atoms with Gasteiger partial charge < -0.3 is 5.32 Å². The van der Waals surface area contributed by atoms with Crippen molar-refractivity contribution in [3.05, 3.63) is 51.2 Å². The van der Waals surface area contributed by atoms with Gasteiger partial charge in [-0.2, -0.15) is 4.31 Å². The van der Waals surface area contributed by atoms with E-state index in [9.17, 15) is 13.2 Å².